The van der Waals surface area contributed by atoms with Gasteiger partial charge in [-0.15, -0.1) is 0 Å². The average molecular weight is 696 g/mol. The summed E-state index contributed by atoms with van der Waals surface area (Å²) in [5, 5.41) is 3.17. The molecular formula is C16H28S12Zr. The van der Waals surface area contributed by atoms with Gasteiger partial charge in [-0.2, -0.15) is 23.0 Å². The van der Waals surface area contributed by atoms with Crippen molar-refractivity contribution >= 4 is 137 Å². The van der Waals surface area contributed by atoms with E-state index >= 15 is 0 Å². The topological polar surface area (TPSA) is 0 Å². The van der Waals surface area contributed by atoms with Crippen LogP contribution in [0.1, 0.15) is 25.7 Å². The summed E-state index contributed by atoms with van der Waals surface area (Å²) in [6.45, 7) is 0. The van der Waals surface area contributed by atoms with Crippen molar-refractivity contribution in [1.82, 2.24) is 0 Å². The Bertz CT molecular complexity index is 266. The molecule has 29 heavy (non-hydrogen) atoms. The predicted molar refractivity (Wildman–Crippen MR) is 163 cm³/mol. The van der Waals surface area contributed by atoms with Crippen LogP contribution >= 0.6 is 86.4 Å². The zero-order valence-corrected chi connectivity index (χ0v) is 28.4. The summed E-state index contributed by atoms with van der Waals surface area (Å²) in [6.07, 6.45) is 5.33. The van der Waals surface area contributed by atoms with Gasteiger partial charge < -0.3 is 50.5 Å². The normalized spacial score (nSPS) is 30.2. The fraction of sp³-hybridized carbons (Fsp3) is 1.00. The fourth-order valence-electron chi connectivity index (χ4n) is 1.93. The maximum absolute atomic E-state index is 4.88. The van der Waals surface area contributed by atoms with Crippen LogP contribution in [0.2, 0.25) is 0 Å². The molecular weight excluding hydrogens is 668 g/mol. The first-order valence-corrected chi connectivity index (χ1v) is 21.0. The Morgan fingerprint density at radius 1 is 0.448 bits per heavy atom. The van der Waals surface area contributed by atoms with E-state index in [2.05, 4.69) is 0 Å². The van der Waals surface area contributed by atoms with Crippen molar-refractivity contribution in [3.05, 3.63) is 0 Å². The molecule has 0 aromatic carbocycles. The van der Waals surface area contributed by atoms with Gasteiger partial charge in [-0.25, -0.2) is 0 Å². The van der Waals surface area contributed by atoms with Crippen LogP contribution in [0.15, 0.2) is 0 Å². The SMILES string of the molecule is [S-]CC1CCSS1.[S-]CC1CCSS1.[S-]CC1CCSS1.[S-]CC1CCSS1.[Zr+4]. The molecule has 0 aromatic rings. The molecule has 0 bridgehead atoms. The van der Waals surface area contributed by atoms with Crippen LogP contribution in [0.25, 0.3) is 0 Å². The molecule has 0 N–H and O–H groups in total. The Morgan fingerprint density at radius 2 is 0.655 bits per heavy atom. The van der Waals surface area contributed by atoms with Crippen molar-refractivity contribution in [2.75, 3.05) is 46.0 Å². The number of hydrogen-bond donors (Lipinski definition) is 0. The van der Waals surface area contributed by atoms with Gasteiger partial charge in [0.15, 0.2) is 0 Å². The first kappa shape index (κ1) is 34.1. The van der Waals surface area contributed by atoms with Crippen molar-refractivity contribution in [2.24, 2.45) is 0 Å². The zero-order valence-electron chi connectivity index (χ0n) is 16.2. The van der Waals surface area contributed by atoms with Crippen LogP contribution in [0.3, 0.4) is 0 Å². The van der Waals surface area contributed by atoms with E-state index < -0.39 is 0 Å². The Labute approximate surface area is 252 Å². The van der Waals surface area contributed by atoms with Gasteiger partial charge in [-0.1, -0.05) is 86.4 Å². The molecule has 4 saturated heterocycles. The van der Waals surface area contributed by atoms with E-state index in [-0.39, 0.29) is 26.2 Å². The smallest absolute Gasteiger partial charge is 0.792 e. The zero-order chi connectivity index (χ0) is 20.5. The summed E-state index contributed by atoms with van der Waals surface area (Å²) in [6, 6.07) is 0. The summed E-state index contributed by atoms with van der Waals surface area (Å²) in [4.78, 5) is 0. The summed E-state index contributed by atoms with van der Waals surface area (Å²) in [5.41, 5.74) is 0. The molecule has 0 aromatic heterocycles. The molecule has 4 rings (SSSR count). The number of hydrogen-bond acceptors (Lipinski definition) is 12. The molecule has 0 spiro atoms. The van der Waals surface area contributed by atoms with Gasteiger partial charge in [0.05, 0.1) is 0 Å². The predicted octanol–water partition coefficient (Wildman–Crippen LogP) is 6.75. The Morgan fingerprint density at radius 3 is 0.724 bits per heavy atom. The van der Waals surface area contributed by atoms with Crippen LogP contribution in [0.5, 0.6) is 0 Å². The molecule has 0 radical (unpaired) electrons. The van der Waals surface area contributed by atoms with Gasteiger partial charge in [0, 0.05) is 23.0 Å². The Hall–Kier alpha value is 5.08. The minimum absolute atomic E-state index is 0. The summed E-state index contributed by atoms with van der Waals surface area (Å²) < 4.78 is 0. The van der Waals surface area contributed by atoms with Crippen molar-refractivity contribution < 1.29 is 26.2 Å². The molecule has 4 atom stereocenters. The fourth-order valence-corrected chi connectivity index (χ4v) is 15.4. The Kier molecular flexibility index (Phi) is 29.1. The largest absolute Gasteiger partial charge is 4.00 e. The van der Waals surface area contributed by atoms with Crippen LogP contribution in [-0.4, -0.2) is 67.0 Å². The minimum Gasteiger partial charge on any atom is -0.792 e. The van der Waals surface area contributed by atoms with Gasteiger partial charge in [0.1, 0.15) is 0 Å². The maximum atomic E-state index is 4.88. The minimum atomic E-state index is 0. The van der Waals surface area contributed by atoms with E-state index in [1.165, 1.54) is 48.7 Å². The monoisotopic (exact) mass is 694 g/mol. The third-order valence-corrected chi connectivity index (χ3v) is 17.9. The third-order valence-electron chi connectivity index (χ3n) is 3.65. The van der Waals surface area contributed by atoms with Gasteiger partial charge in [-0.05, 0) is 46.7 Å². The molecule has 13 heteroatoms. The second-order valence-electron chi connectivity index (χ2n) is 5.98. The maximum Gasteiger partial charge on any atom is 4.00 e. The standard InChI is InChI=1S/4C4H8S3.Zr/c4*5-3-4-1-2-6-7-4;/h4*4-5H,1-3H2;/q;;;;+4/p-4. The van der Waals surface area contributed by atoms with E-state index in [0.717, 1.165) is 44.0 Å². The molecule has 0 saturated carbocycles. The molecule has 0 nitrogen and oxygen atoms in total. The van der Waals surface area contributed by atoms with Gasteiger partial charge in [0.2, 0.25) is 0 Å². The molecule has 0 aliphatic carbocycles. The van der Waals surface area contributed by atoms with Crippen molar-refractivity contribution in [3.8, 4) is 0 Å². The molecule has 0 amide bonds. The van der Waals surface area contributed by atoms with Gasteiger partial charge >= 0.3 is 26.2 Å². The van der Waals surface area contributed by atoms with E-state index in [1.54, 1.807) is 0 Å². The molecule has 4 heterocycles. The first-order chi connectivity index (χ1) is 13.7. The molecule has 4 aliphatic heterocycles. The molecule has 4 unspecified atom stereocenters. The summed E-state index contributed by atoms with van der Waals surface area (Å²) in [5.74, 6) is 9.01. The second-order valence-corrected chi connectivity index (χ2v) is 18.5. The molecule has 168 valence electrons. The summed E-state index contributed by atoms with van der Waals surface area (Å²) >= 11 is 19.5. The average Bonchev–Trinajstić information content (AvgIpc) is 3.57. The van der Waals surface area contributed by atoms with Crippen molar-refractivity contribution in [3.63, 3.8) is 0 Å². The quantitative estimate of drug-likeness (QED) is 0.226. The first-order valence-electron chi connectivity index (χ1n) is 9.18. The van der Waals surface area contributed by atoms with E-state index in [4.69, 9.17) is 50.5 Å². The van der Waals surface area contributed by atoms with E-state index in [0.29, 0.717) is 0 Å². The second kappa shape index (κ2) is 24.8. The number of rotatable bonds is 4. The van der Waals surface area contributed by atoms with Gasteiger partial charge in [-0.3, -0.25) is 0 Å². The summed E-state index contributed by atoms with van der Waals surface area (Å²) in [7, 11) is 15.6. The van der Waals surface area contributed by atoms with Gasteiger partial charge in [0.25, 0.3) is 0 Å². The van der Waals surface area contributed by atoms with Crippen LogP contribution in [0, 0.1) is 0 Å². The van der Waals surface area contributed by atoms with E-state index in [1.807, 2.05) is 86.4 Å². The molecule has 4 aliphatic rings. The Balaban J connectivity index is 0.000000356. The van der Waals surface area contributed by atoms with Crippen molar-refractivity contribution in [1.29, 1.82) is 0 Å². The third kappa shape index (κ3) is 18.9. The molecule has 4 fully saturated rings. The van der Waals surface area contributed by atoms with Crippen molar-refractivity contribution in [2.45, 2.75) is 46.7 Å². The van der Waals surface area contributed by atoms with Crippen LogP contribution in [-0.2, 0) is 76.7 Å². The van der Waals surface area contributed by atoms with Crippen LogP contribution < -0.4 is 0 Å². The van der Waals surface area contributed by atoms with E-state index in [9.17, 15) is 0 Å². The van der Waals surface area contributed by atoms with Crippen LogP contribution in [0.4, 0.5) is 0 Å².